The summed E-state index contributed by atoms with van der Waals surface area (Å²) < 4.78 is 148. The third-order valence-corrected chi connectivity index (χ3v) is 10.2. The molecule has 4 aromatic carbocycles. The lowest BCUT2D eigenvalue weighted by Crippen LogP contribution is -2.48. The van der Waals surface area contributed by atoms with Crippen LogP contribution in [0.2, 0.25) is 0 Å². The number of fused-ring (bicyclic) bond motifs is 1. The number of amides is 1. The van der Waals surface area contributed by atoms with Crippen molar-refractivity contribution in [2.45, 2.75) is 55.9 Å². The van der Waals surface area contributed by atoms with E-state index in [1.54, 1.807) is 29.2 Å². The number of methoxy groups -OCH3 is 1. The van der Waals surface area contributed by atoms with Gasteiger partial charge in [-0.1, -0.05) is 54.6 Å². The Morgan fingerprint density at radius 1 is 1.02 bits per heavy atom. The first-order valence-corrected chi connectivity index (χ1v) is 17.6. The minimum Gasteiger partial charge on any atom is -0.383 e. The minimum absolute atomic E-state index is 0.0210. The number of pyridine rings is 1. The van der Waals surface area contributed by atoms with Gasteiger partial charge < -0.3 is 19.1 Å². The van der Waals surface area contributed by atoms with E-state index in [1.165, 1.54) is 40.7 Å². The first-order valence-electron chi connectivity index (χ1n) is 21.1. The standard InChI is InChI=1S/C41H40F5N3O3S/c1-27-6-15-34-36(22-27)49(39(23-37(34)50)53-26-31-4-3-5-35(42)40(31)43)25-38(51)48(33-16-18-47(19-17-33)20-21-52-2)24-28-7-9-29(10-8-28)30-11-13-32(14-12-30)41(44,45)46/h3-15,22-23,33H,16-21,24-26H2,1-2H3/i2D3,6D,15D,21D2,22D,23D. The maximum absolute atomic E-state index is 14.9. The van der Waals surface area contributed by atoms with Crippen molar-refractivity contribution in [3.63, 3.8) is 0 Å². The van der Waals surface area contributed by atoms with E-state index >= 15 is 0 Å². The summed E-state index contributed by atoms with van der Waals surface area (Å²) in [5, 5.41) is -0.603. The highest BCUT2D eigenvalue weighted by Gasteiger charge is 2.31. The molecular weight excluding hydrogens is 710 g/mol. The van der Waals surface area contributed by atoms with E-state index in [9.17, 15) is 31.5 Å². The zero-order valence-corrected chi connectivity index (χ0v) is 29.3. The highest BCUT2D eigenvalue weighted by molar-refractivity contribution is 7.98. The second kappa shape index (κ2) is 16.7. The fourth-order valence-electron chi connectivity index (χ4n) is 6.26. The Labute approximate surface area is 321 Å². The number of hydrogen-bond acceptors (Lipinski definition) is 5. The van der Waals surface area contributed by atoms with Gasteiger partial charge in [0.25, 0.3) is 0 Å². The van der Waals surface area contributed by atoms with Gasteiger partial charge in [-0.3, -0.25) is 9.59 Å². The lowest BCUT2D eigenvalue weighted by atomic mass is 10.00. The quantitative estimate of drug-likeness (QED) is 0.0942. The molecule has 12 heteroatoms. The Hall–Kier alpha value is -4.52. The molecule has 0 saturated carbocycles. The van der Waals surface area contributed by atoms with Crippen LogP contribution in [0.5, 0.6) is 0 Å². The smallest absolute Gasteiger partial charge is 0.383 e. The number of likely N-dealkylation sites (tertiary alicyclic amines) is 1. The molecule has 0 radical (unpaired) electrons. The van der Waals surface area contributed by atoms with Crippen LogP contribution in [0.15, 0.2) is 101 Å². The first-order chi connectivity index (χ1) is 29.0. The number of halogens is 5. The molecule has 0 N–H and O–H groups in total. The number of thioether (sulfide) groups is 1. The van der Waals surface area contributed by atoms with Crippen LogP contribution in [0.1, 0.15) is 47.4 Å². The molecule has 278 valence electrons. The number of carbonyl (C=O) groups excluding carboxylic acids is 1. The SMILES string of the molecule is [2H]c1c(C)c([2H])c2c(c1[2H])c(=O)c([2H])c(SCc1cccc(F)c1F)n2CC(=O)N(Cc1ccc(-c2ccc(C(F)(F)F)cc2)cc1)C1CCN(CC([2H])([2H])OC([2H])([2H])[2H])CC1. The Balaban J connectivity index is 1.38. The van der Waals surface area contributed by atoms with Crippen molar-refractivity contribution in [3.8, 4) is 11.1 Å². The Morgan fingerprint density at radius 2 is 1.72 bits per heavy atom. The van der Waals surface area contributed by atoms with Gasteiger partial charge >= 0.3 is 6.18 Å². The fourth-order valence-corrected chi connectivity index (χ4v) is 7.26. The fraction of sp³-hybridized carbons (Fsp3) is 0.317. The molecule has 53 heavy (non-hydrogen) atoms. The van der Waals surface area contributed by atoms with Gasteiger partial charge in [0.15, 0.2) is 17.1 Å². The highest BCUT2D eigenvalue weighted by atomic mass is 32.2. The van der Waals surface area contributed by atoms with Gasteiger partial charge in [0.1, 0.15) is 6.54 Å². The first kappa shape index (κ1) is 28.0. The molecule has 6 rings (SSSR count). The summed E-state index contributed by atoms with van der Waals surface area (Å²) in [6.45, 7) is -1.71. The minimum atomic E-state index is -4.51. The van der Waals surface area contributed by atoms with Crippen molar-refractivity contribution in [2.24, 2.45) is 0 Å². The molecule has 1 aliphatic heterocycles. The molecule has 0 spiro atoms. The van der Waals surface area contributed by atoms with Gasteiger partial charge in [-0.25, -0.2) is 8.78 Å². The summed E-state index contributed by atoms with van der Waals surface area (Å²) in [6.07, 6.45) is -3.96. The summed E-state index contributed by atoms with van der Waals surface area (Å²) in [4.78, 5) is 31.8. The van der Waals surface area contributed by atoms with Crippen LogP contribution in [0.4, 0.5) is 22.0 Å². The van der Waals surface area contributed by atoms with Crippen LogP contribution >= 0.6 is 11.8 Å². The van der Waals surface area contributed by atoms with Crippen LogP contribution in [-0.4, -0.2) is 59.5 Å². The lowest BCUT2D eigenvalue weighted by molar-refractivity contribution is -0.137. The molecule has 1 aromatic heterocycles. The summed E-state index contributed by atoms with van der Waals surface area (Å²) in [7, 11) is -2.98. The number of benzene rings is 4. The van der Waals surface area contributed by atoms with E-state index in [0.29, 0.717) is 16.7 Å². The largest absolute Gasteiger partial charge is 0.416 e. The summed E-state index contributed by atoms with van der Waals surface area (Å²) in [5.41, 5.74) is -0.367. The van der Waals surface area contributed by atoms with Gasteiger partial charge in [0.05, 0.1) is 35.0 Å². The molecule has 5 aromatic rings. The monoisotopic (exact) mass is 758 g/mol. The second-order valence-corrected chi connectivity index (χ2v) is 13.6. The van der Waals surface area contributed by atoms with Crippen LogP contribution in [0.3, 0.4) is 0 Å². The van der Waals surface area contributed by atoms with E-state index in [-0.39, 0.29) is 72.5 Å². The molecule has 0 atom stereocenters. The van der Waals surface area contributed by atoms with Crippen LogP contribution in [-0.2, 0) is 34.6 Å². The number of alkyl halides is 3. The number of carbonyl (C=O) groups is 1. The third-order valence-electron chi connectivity index (χ3n) is 9.10. The summed E-state index contributed by atoms with van der Waals surface area (Å²) in [6, 6.07) is 12.4. The predicted molar refractivity (Wildman–Crippen MR) is 198 cm³/mol. The molecule has 1 aliphatic rings. The van der Waals surface area contributed by atoms with Crippen molar-refractivity contribution < 1.29 is 43.8 Å². The molecule has 0 bridgehead atoms. The number of ether oxygens (including phenoxy) is 1. The zero-order valence-electron chi connectivity index (χ0n) is 37.4. The van der Waals surface area contributed by atoms with Gasteiger partial charge in [-0.05, 0) is 72.3 Å². The lowest BCUT2D eigenvalue weighted by Gasteiger charge is -2.39. The van der Waals surface area contributed by atoms with Crippen molar-refractivity contribution >= 4 is 28.6 Å². The number of rotatable bonds is 12. The van der Waals surface area contributed by atoms with Gasteiger partial charge in [-0.2, -0.15) is 13.2 Å². The molecule has 1 saturated heterocycles. The second-order valence-electron chi connectivity index (χ2n) is 12.6. The number of aromatic nitrogens is 1. The maximum atomic E-state index is 14.9. The molecule has 1 amide bonds. The summed E-state index contributed by atoms with van der Waals surface area (Å²) >= 11 is 0.758. The number of piperidine rings is 1. The van der Waals surface area contributed by atoms with Gasteiger partial charge in [0, 0.05) is 62.0 Å². The topological polar surface area (TPSA) is 54.8 Å². The Morgan fingerprint density at radius 3 is 2.40 bits per heavy atom. The average Bonchev–Trinajstić information content (AvgIpc) is 3.20. The molecule has 2 heterocycles. The van der Waals surface area contributed by atoms with Gasteiger partial charge in [-0.15, -0.1) is 11.8 Å². The van der Waals surface area contributed by atoms with Crippen molar-refractivity contribution in [1.29, 1.82) is 0 Å². The van der Waals surface area contributed by atoms with E-state index in [1.807, 2.05) is 0 Å². The Bertz CT molecular complexity index is 2530. The van der Waals surface area contributed by atoms with Gasteiger partial charge in [0.2, 0.25) is 5.91 Å². The molecule has 0 unspecified atom stereocenters. The highest BCUT2D eigenvalue weighted by Crippen LogP contribution is 2.32. The van der Waals surface area contributed by atoms with Crippen molar-refractivity contribution in [1.82, 2.24) is 14.4 Å². The Kier molecular flexibility index (Phi) is 8.80. The molecular formula is C41H40F5N3O3S. The van der Waals surface area contributed by atoms with Crippen molar-refractivity contribution in [3.05, 3.63) is 135 Å². The summed E-state index contributed by atoms with van der Waals surface area (Å²) in [5.74, 6) is -3.15. The average molecular weight is 759 g/mol. The predicted octanol–water partition coefficient (Wildman–Crippen LogP) is 8.71. The zero-order chi connectivity index (χ0) is 45.5. The van der Waals surface area contributed by atoms with Crippen molar-refractivity contribution in [2.75, 3.05) is 33.2 Å². The molecule has 6 nitrogen and oxygen atoms in total. The molecule has 0 aliphatic carbocycles. The van der Waals surface area contributed by atoms with Crippen LogP contribution in [0, 0.1) is 18.6 Å². The number of nitrogens with zero attached hydrogens (tertiary/aromatic N) is 3. The molecule has 1 fully saturated rings. The van der Waals surface area contributed by atoms with E-state index < -0.39 is 84.4 Å². The number of hydrogen-bond donors (Lipinski definition) is 0. The third kappa shape index (κ3) is 9.17. The van der Waals surface area contributed by atoms with E-state index in [4.69, 9.17) is 12.3 Å². The maximum Gasteiger partial charge on any atom is 0.416 e. The normalized spacial score (nSPS) is 17.1. The van der Waals surface area contributed by atoms with Crippen LogP contribution in [0.25, 0.3) is 22.0 Å². The van der Waals surface area contributed by atoms with E-state index in [0.717, 1.165) is 30.0 Å². The van der Waals surface area contributed by atoms with Crippen LogP contribution < -0.4 is 5.43 Å². The van der Waals surface area contributed by atoms with E-state index in [2.05, 4.69) is 4.74 Å².